The molecule has 38 valence electrons. The molecule has 1 aromatic rings. The fourth-order valence-electron chi connectivity index (χ4n) is 0.438. The third-order valence-electron chi connectivity index (χ3n) is 0.745. The van der Waals surface area contributed by atoms with Crippen LogP contribution < -0.4 is 0 Å². The average Bonchev–Trinajstić information content (AvgIpc) is 2.19. The minimum Gasteiger partial charge on any atom is -0.362 e. The van der Waals surface area contributed by atoms with E-state index in [0.29, 0.717) is 0 Å². The summed E-state index contributed by atoms with van der Waals surface area (Å²) in [5.41, 5.74) is 0. The second-order valence-corrected chi connectivity index (χ2v) is 2.27. The fraction of sp³-hybridized carbons (Fsp3) is 0. The maximum atomic E-state index is 4.90. The van der Waals surface area contributed by atoms with Gasteiger partial charge in [0.05, 0.1) is 0 Å². The van der Waals surface area contributed by atoms with Gasteiger partial charge in [-0.15, -0.1) is 11.3 Å². The highest BCUT2D eigenvalue weighted by Gasteiger charge is 1.81. The number of nitrogens with zero attached hydrogens (tertiary/aromatic N) is 1. The van der Waals surface area contributed by atoms with Crippen LogP contribution in [-0.4, -0.2) is 14.2 Å². The lowest BCUT2D eigenvalue weighted by molar-refractivity contribution is 1.89. The zero-order valence-electron chi connectivity index (χ0n) is 4.24. The summed E-state index contributed by atoms with van der Waals surface area (Å²) in [6.07, 6.45) is 1.63. The SMILES string of the molecule is [B]/N=C/c1cccs1. The zero-order chi connectivity index (χ0) is 5.82. The largest absolute Gasteiger partial charge is 0.362 e. The molecule has 0 aromatic carbocycles. The van der Waals surface area contributed by atoms with Crippen molar-refractivity contribution in [2.75, 3.05) is 0 Å². The van der Waals surface area contributed by atoms with Gasteiger partial charge in [-0.1, -0.05) is 6.07 Å². The second kappa shape index (κ2) is 2.67. The molecular weight excluding hydrogens is 117 g/mol. The van der Waals surface area contributed by atoms with Crippen molar-refractivity contribution < 1.29 is 0 Å². The molecule has 8 heavy (non-hydrogen) atoms. The highest BCUT2D eigenvalue weighted by molar-refractivity contribution is 7.11. The lowest BCUT2D eigenvalue weighted by Gasteiger charge is -1.75. The summed E-state index contributed by atoms with van der Waals surface area (Å²) in [5.74, 6) is 0. The summed E-state index contributed by atoms with van der Waals surface area (Å²) in [5, 5.41) is 1.98. The Balaban J connectivity index is 2.77. The lowest BCUT2D eigenvalue weighted by Crippen LogP contribution is -1.68. The molecule has 0 fully saturated rings. The summed E-state index contributed by atoms with van der Waals surface area (Å²) in [7, 11) is 4.90. The Hall–Kier alpha value is -0.565. The molecular formula is C5H4BNS. The van der Waals surface area contributed by atoms with Crippen molar-refractivity contribution >= 4 is 25.5 Å². The molecule has 0 aliphatic carbocycles. The van der Waals surface area contributed by atoms with Crippen molar-refractivity contribution in [3.05, 3.63) is 22.4 Å². The molecule has 2 radical (unpaired) electrons. The van der Waals surface area contributed by atoms with Gasteiger partial charge in [0.25, 0.3) is 7.98 Å². The van der Waals surface area contributed by atoms with Gasteiger partial charge in [-0.05, 0) is 11.4 Å². The van der Waals surface area contributed by atoms with Crippen LogP contribution in [0.5, 0.6) is 0 Å². The molecule has 0 saturated carbocycles. The first-order valence-corrected chi connectivity index (χ1v) is 3.08. The van der Waals surface area contributed by atoms with E-state index < -0.39 is 0 Å². The topological polar surface area (TPSA) is 12.4 Å². The second-order valence-electron chi connectivity index (χ2n) is 1.29. The smallest absolute Gasteiger partial charge is 0.259 e. The number of hydrogen-bond acceptors (Lipinski definition) is 2. The van der Waals surface area contributed by atoms with Gasteiger partial charge in [-0.25, -0.2) is 0 Å². The first-order chi connectivity index (χ1) is 3.93. The van der Waals surface area contributed by atoms with Crippen LogP contribution in [0, 0.1) is 0 Å². The first-order valence-electron chi connectivity index (χ1n) is 2.20. The van der Waals surface area contributed by atoms with Gasteiger partial charge in [0, 0.05) is 11.1 Å². The highest BCUT2D eigenvalue weighted by atomic mass is 32.1. The van der Waals surface area contributed by atoms with E-state index in [0.717, 1.165) is 4.88 Å². The molecule has 3 heteroatoms. The van der Waals surface area contributed by atoms with Crippen LogP contribution in [0.25, 0.3) is 0 Å². The summed E-state index contributed by atoms with van der Waals surface area (Å²) in [4.78, 5) is 4.45. The van der Waals surface area contributed by atoms with E-state index in [-0.39, 0.29) is 0 Å². The summed E-state index contributed by atoms with van der Waals surface area (Å²) in [6.45, 7) is 0. The van der Waals surface area contributed by atoms with E-state index in [1.54, 1.807) is 17.6 Å². The zero-order valence-corrected chi connectivity index (χ0v) is 5.06. The van der Waals surface area contributed by atoms with E-state index in [4.69, 9.17) is 7.98 Å². The van der Waals surface area contributed by atoms with Gasteiger partial charge >= 0.3 is 0 Å². The minimum atomic E-state index is 1.09. The van der Waals surface area contributed by atoms with E-state index >= 15 is 0 Å². The van der Waals surface area contributed by atoms with Crippen LogP contribution >= 0.6 is 11.3 Å². The molecule has 0 atom stereocenters. The van der Waals surface area contributed by atoms with Crippen LogP contribution in [0.2, 0.25) is 0 Å². The van der Waals surface area contributed by atoms with Crippen LogP contribution in [0.3, 0.4) is 0 Å². The van der Waals surface area contributed by atoms with Gasteiger partial charge in [-0.3, -0.25) is 0 Å². The Labute approximate surface area is 53.5 Å². The highest BCUT2D eigenvalue weighted by Crippen LogP contribution is 2.03. The molecule has 1 rings (SSSR count). The van der Waals surface area contributed by atoms with Crippen LogP contribution in [0.1, 0.15) is 4.88 Å². The summed E-state index contributed by atoms with van der Waals surface area (Å²) < 4.78 is 0. The lowest BCUT2D eigenvalue weighted by atomic mass is 10.4. The van der Waals surface area contributed by atoms with Gasteiger partial charge in [0.2, 0.25) is 0 Å². The summed E-state index contributed by atoms with van der Waals surface area (Å²) >= 11 is 1.62. The van der Waals surface area contributed by atoms with Crippen molar-refractivity contribution in [1.29, 1.82) is 0 Å². The Morgan fingerprint density at radius 2 is 2.62 bits per heavy atom. The van der Waals surface area contributed by atoms with Crippen molar-refractivity contribution in [1.82, 2.24) is 0 Å². The maximum absolute atomic E-state index is 4.90. The minimum absolute atomic E-state index is 1.09. The molecule has 0 aliphatic rings. The van der Waals surface area contributed by atoms with E-state index in [9.17, 15) is 0 Å². The van der Waals surface area contributed by atoms with Crippen LogP contribution in [0.15, 0.2) is 22.4 Å². The molecule has 1 heterocycles. The van der Waals surface area contributed by atoms with E-state index in [1.807, 2.05) is 17.5 Å². The fourth-order valence-corrected chi connectivity index (χ4v) is 1.03. The van der Waals surface area contributed by atoms with Gasteiger partial charge in [-0.2, -0.15) is 0 Å². The number of hydrogen-bond donors (Lipinski definition) is 0. The third-order valence-corrected chi connectivity index (χ3v) is 1.55. The van der Waals surface area contributed by atoms with Gasteiger partial charge in [0.1, 0.15) is 0 Å². The van der Waals surface area contributed by atoms with E-state index in [2.05, 4.69) is 4.90 Å². The third kappa shape index (κ3) is 1.20. The molecule has 0 N–H and O–H groups in total. The Morgan fingerprint density at radius 3 is 3.12 bits per heavy atom. The van der Waals surface area contributed by atoms with Crippen molar-refractivity contribution in [2.45, 2.75) is 0 Å². The van der Waals surface area contributed by atoms with E-state index in [1.165, 1.54) is 0 Å². The molecule has 1 nitrogen and oxygen atoms in total. The Kier molecular flexibility index (Phi) is 1.86. The standard InChI is InChI=1S/C5H4BNS/c6-7-4-5-2-1-3-8-5/h1-4H/b7-4+. The number of rotatable bonds is 1. The molecule has 0 spiro atoms. The van der Waals surface area contributed by atoms with Gasteiger partial charge in [0.15, 0.2) is 0 Å². The first kappa shape index (κ1) is 5.57. The maximum Gasteiger partial charge on any atom is 0.259 e. The van der Waals surface area contributed by atoms with Crippen molar-refractivity contribution in [3.63, 3.8) is 0 Å². The monoisotopic (exact) mass is 121 g/mol. The number of thiophene rings is 1. The Morgan fingerprint density at radius 1 is 1.75 bits per heavy atom. The quantitative estimate of drug-likeness (QED) is 0.391. The average molecular weight is 121 g/mol. The van der Waals surface area contributed by atoms with Gasteiger partial charge < -0.3 is 4.90 Å². The predicted molar refractivity (Wildman–Crippen MR) is 37.7 cm³/mol. The molecule has 0 bridgehead atoms. The van der Waals surface area contributed by atoms with Crippen LogP contribution in [-0.2, 0) is 0 Å². The van der Waals surface area contributed by atoms with Crippen molar-refractivity contribution in [3.8, 4) is 0 Å². The molecule has 0 saturated heterocycles. The molecule has 0 aliphatic heterocycles. The molecule has 0 amide bonds. The van der Waals surface area contributed by atoms with Crippen molar-refractivity contribution in [2.24, 2.45) is 4.90 Å². The normalized spacial score (nSPS) is 10.5. The molecule has 1 aromatic heterocycles. The Bertz CT molecular complexity index is 169. The molecule has 0 unspecified atom stereocenters. The van der Waals surface area contributed by atoms with Crippen LogP contribution in [0.4, 0.5) is 0 Å². The summed E-state index contributed by atoms with van der Waals surface area (Å²) in [6, 6.07) is 3.92. The predicted octanol–water partition coefficient (Wildman–Crippen LogP) is 1.25.